The molecule has 0 unspecified atom stereocenters. The summed E-state index contributed by atoms with van der Waals surface area (Å²) in [4.78, 5) is 32.3. The number of benzene rings is 2. The van der Waals surface area contributed by atoms with E-state index in [2.05, 4.69) is 25.3 Å². The lowest BCUT2D eigenvalue weighted by Crippen LogP contribution is -2.42. The van der Waals surface area contributed by atoms with Crippen LogP contribution in [0.3, 0.4) is 0 Å². The van der Waals surface area contributed by atoms with Crippen molar-refractivity contribution >= 4 is 41.2 Å². The second-order valence-corrected chi connectivity index (χ2v) is 8.99. The van der Waals surface area contributed by atoms with Gasteiger partial charge in [-0.05, 0) is 18.2 Å². The predicted molar refractivity (Wildman–Crippen MR) is 157 cm³/mol. The Bertz CT molecular complexity index is 1530. The Morgan fingerprint density at radius 1 is 1.05 bits per heavy atom. The van der Waals surface area contributed by atoms with Crippen molar-refractivity contribution in [2.75, 3.05) is 31.6 Å². The Labute approximate surface area is 236 Å². The Morgan fingerprint density at radius 3 is 2.54 bits per heavy atom. The van der Waals surface area contributed by atoms with Crippen LogP contribution in [0, 0.1) is 5.41 Å². The number of amidine groups is 2. The topological polar surface area (TPSA) is 177 Å². The first-order valence-corrected chi connectivity index (χ1v) is 12.9. The van der Waals surface area contributed by atoms with Gasteiger partial charge in [-0.2, -0.15) is 4.99 Å². The van der Waals surface area contributed by atoms with E-state index in [1.807, 2.05) is 48.5 Å². The molecule has 1 fully saturated rings. The lowest BCUT2D eigenvalue weighted by Gasteiger charge is -2.29. The molecule has 208 valence electrons. The fourth-order valence-electron chi connectivity index (χ4n) is 4.23. The molecular formula is C29H29N9O3. The molecule has 41 heavy (non-hydrogen) atoms. The second kappa shape index (κ2) is 12.7. The van der Waals surface area contributed by atoms with Crippen LogP contribution in [0.4, 0.5) is 11.5 Å². The van der Waals surface area contributed by atoms with Crippen molar-refractivity contribution in [3.05, 3.63) is 102 Å². The number of para-hydroxylation sites is 1. The summed E-state index contributed by atoms with van der Waals surface area (Å²) in [5, 5.41) is 11.6. The van der Waals surface area contributed by atoms with Gasteiger partial charge in [-0.25, -0.2) is 15.0 Å². The quantitative estimate of drug-likeness (QED) is 0.206. The van der Waals surface area contributed by atoms with Gasteiger partial charge < -0.3 is 31.2 Å². The maximum absolute atomic E-state index is 13.1. The molecule has 2 aromatic carbocycles. The highest BCUT2D eigenvalue weighted by atomic mass is 16.5. The molecule has 0 saturated carbocycles. The third-order valence-corrected chi connectivity index (χ3v) is 6.26. The summed E-state index contributed by atoms with van der Waals surface area (Å²) in [5.41, 5.74) is 15.3. The van der Waals surface area contributed by atoms with Gasteiger partial charge in [0, 0.05) is 36.6 Å². The molecule has 0 aliphatic carbocycles. The minimum absolute atomic E-state index is 0.0744. The van der Waals surface area contributed by atoms with Crippen LogP contribution < -0.4 is 16.8 Å². The average Bonchev–Trinajstić information content (AvgIpc) is 3.14. The van der Waals surface area contributed by atoms with Gasteiger partial charge in [0.25, 0.3) is 11.9 Å². The van der Waals surface area contributed by atoms with E-state index < -0.39 is 18.1 Å². The molecule has 1 saturated heterocycles. The highest BCUT2D eigenvalue weighted by Gasteiger charge is 2.26. The summed E-state index contributed by atoms with van der Waals surface area (Å²) in [6, 6.07) is 21.7. The fourth-order valence-corrected chi connectivity index (χ4v) is 4.23. The number of hydrogen-bond acceptors (Lipinski definition) is 9. The van der Waals surface area contributed by atoms with Crippen LogP contribution in [0.2, 0.25) is 0 Å². The first-order chi connectivity index (χ1) is 20.0. The fraction of sp³-hybridized carbons (Fsp3) is 0.172. The molecule has 6 N–H and O–H groups in total. The lowest BCUT2D eigenvalue weighted by molar-refractivity contribution is -0.117. The number of fused-ring (bicyclic) bond motifs is 1. The number of rotatable bonds is 6. The molecule has 1 amide bonds. The number of carbonyl (C=O) groups excluding carboxylic acids is 1. The van der Waals surface area contributed by atoms with Gasteiger partial charge in [0.05, 0.1) is 30.2 Å². The summed E-state index contributed by atoms with van der Waals surface area (Å²) in [6.45, 7) is 1.93. The number of anilines is 1. The van der Waals surface area contributed by atoms with Crippen LogP contribution in [0.25, 0.3) is 0 Å². The van der Waals surface area contributed by atoms with Crippen molar-refractivity contribution in [2.45, 2.75) is 6.17 Å². The molecule has 0 spiro atoms. The number of nitrogens with zero attached hydrogens (tertiary/aromatic N) is 5. The number of ether oxygens (including phenoxy) is 2. The zero-order valence-corrected chi connectivity index (χ0v) is 22.1. The van der Waals surface area contributed by atoms with Crippen LogP contribution >= 0.6 is 0 Å². The van der Waals surface area contributed by atoms with Gasteiger partial charge in [-0.15, -0.1) is 0 Å². The number of hydrogen-bond donors (Lipinski definition) is 4. The SMILES string of the molecule is N=C(C(C=Nc1ccccn1)=C(N)OC(N)=N[C@H]1N=C(c2ccccc2)c2ccccc2NC1=O)N1CCOCC1. The van der Waals surface area contributed by atoms with E-state index in [-0.39, 0.29) is 17.3 Å². The van der Waals surface area contributed by atoms with E-state index in [0.717, 1.165) is 11.1 Å². The minimum atomic E-state index is -1.25. The van der Waals surface area contributed by atoms with Gasteiger partial charge in [-0.1, -0.05) is 54.6 Å². The van der Waals surface area contributed by atoms with Gasteiger partial charge in [0.2, 0.25) is 12.0 Å². The number of nitrogens with two attached hydrogens (primary N) is 2. The molecule has 5 rings (SSSR count). The van der Waals surface area contributed by atoms with E-state index in [1.165, 1.54) is 6.21 Å². The molecule has 1 aromatic heterocycles. The number of aliphatic imine (C=N–C) groups is 3. The van der Waals surface area contributed by atoms with Crippen molar-refractivity contribution in [3.63, 3.8) is 0 Å². The molecule has 3 heterocycles. The highest BCUT2D eigenvalue weighted by molar-refractivity contribution is 6.19. The number of pyridine rings is 1. The normalized spacial score (nSPS) is 18.1. The van der Waals surface area contributed by atoms with Crippen LogP contribution in [0.1, 0.15) is 11.1 Å². The summed E-state index contributed by atoms with van der Waals surface area (Å²) in [6.07, 6.45) is 1.74. The maximum Gasteiger partial charge on any atom is 0.291 e. The van der Waals surface area contributed by atoms with Crippen molar-refractivity contribution in [1.29, 1.82) is 5.41 Å². The molecule has 12 nitrogen and oxygen atoms in total. The molecule has 0 radical (unpaired) electrons. The van der Waals surface area contributed by atoms with Gasteiger partial charge in [0.15, 0.2) is 5.82 Å². The van der Waals surface area contributed by atoms with Crippen molar-refractivity contribution in [2.24, 2.45) is 26.4 Å². The zero-order valence-electron chi connectivity index (χ0n) is 22.1. The van der Waals surface area contributed by atoms with Gasteiger partial charge in [0.1, 0.15) is 5.84 Å². The van der Waals surface area contributed by atoms with E-state index in [0.29, 0.717) is 43.5 Å². The zero-order chi connectivity index (χ0) is 28.6. The van der Waals surface area contributed by atoms with Crippen molar-refractivity contribution in [3.8, 4) is 0 Å². The number of nitrogens with one attached hydrogen (secondary N) is 2. The molecule has 12 heteroatoms. The standard InChI is InChI=1S/C29H29N9O3/c30-25(38-14-16-40-17-15-38)21(18-34-23-12-6-7-13-33-23)26(31)41-29(32)37-27-28(39)35-22-11-5-4-10-20(22)24(36-27)19-8-2-1-3-9-19/h1-13,18,27,30H,14-17,31H2,(H2,32,37)(H,35,39)/t27-/m1/s1. The molecular weight excluding hydrogens is 522 g/mol. The van der Waals surface area contributed by atoms with E-state index >= 15 is 0 Å². The van der Waals surface area contributed by atoms with Crippen molar-refractivity contribution < 1.29 is 14.3 Å². The largest absolute Gasteiger partial charge is 0.409 e. The van der Waals surface area contributed by atoms with Crippen LogP contribution in [-0.4, -0.2) is 72.0 Å². The monoisotopic (exact) mass is 551 g/mol. The first-order valence-electron chi connectivity index (χ1n) is 12.9. The number of benzodiazepines with no additional fused rings is 1. The first kappa shape index (κ1) is 27.2. The third-order valence-electron chi connectivity index (χ3n) is 6.26. The van der Waals surface area contributed by atoms with Gasteiger partial charge in [-0.3, -0.25) is 10.2 Å². The van der Waals surface area contributed by atoms with Crippen LogP contribution in [-0.2, 0) is 14.3 Å². The summed E-state index contributed by atoms with van der Waals surface area (Å²) in [5.74, 6) is -0.209. The second-order valence-electron chi connectivity index (χ2n) is 8.99. The number of aromatic nitrogens is 1. The van der Waals surface area contributed by atoms with E-state index in [1.54, 1.807) is 35.4 Å². The molecule has 1 atom stereocenters. The highest BCUT2D eigenvalue weighted by Crippen LogP contribution is 2.24. The van der Waals surface area contributed by atoms with Crippen molar-refractivity contribution in [1.82, 2.24) is 9.88 Å². The smallest absolute Gasteiger partial charge is 0.291 e. The lowest BCUT2D eigenvalue weighted by atomic mass is 10.0. The Balaban J connectivity index is 1.47. The third kappa shape index (κ3) is 6.62. The molecule has 0 bridgehead atoms. The van der Waals surface area contributed by atoms with E-state index in [4.69, 9.17) is 26.4 Å². The summed E-state index contributed by atoms with van der Waals surface area (Å²) < 4.78 is 11.1. The predicted octanol–water partition coefficient (Wildman–Crippen LogP) is 2.41. The van der Waals surface area contributed by atoms with Gasteiger partial charge >= 0.3 is 0 Å². The Morgan fingerprint density at radius 2 is 1.78 bits per heavy atom. The average molecular weight is 552 g/mol. The number of carbonyl (C=O) groups is 1. The maximum atomic E-state index is 13.1. The molecule has 2 aliphatic heterocycles. The summed E-state index contributed by atoms with van der Waals surface area (Å²) in [7, 11) is 0. The molecule has 3 aromatic rings. The van der Waals surface area contributed by atoms with Crippen LogP contribution in [0.15, 0.2) is 105 Å². The minimum Gasteiger partial charge on any atom is -0.409 e. The van der Waals surface area contributed by atoms with Crippen LogP contribution in [0.5, 0.6) is 0 Å². The molecule has 2 aliphatic rings. The summed E-state index contributed by atoms with van der Waals surface area (Å²) >= 11 is 0. The Kier molecular flexibility index (Phi) is 8.41. The van der Waals surface area contributed by atoms with E-state index in [9.17, 15) is 4.79 Å². The Hall–Kier alpha value is -5.36. The number of amides is 1. The number of morpholine rings is 1.